The number of hydrogen-bond acceptors (Lipinski definition) is 1. The van der Waals surface area contributed by atoms with Crippen LogP contribution in [-0.4, -0.2) is 11.3 Å². The van der Waals surface area contributed by atoms with E-state index in [0.29, 0.717) is 0 Å². The van der Waals surface area contributed by atoms with Crippen molar-refractivity contribution in [1.82, 2.24) is 0 Å². The maximum absolute atomic E-state index is 13.0. The molecular weight excluding hydrogens is 269 g/mol. The summed E-state index contributed by atoms with van der Waals surface area (Å²) in [5.41, 5.74) is -1.42. The van der Waals surface area contributed by atoms with Crippen LogP contribution in [0.2, 0.25) is 0 Å². The van der Waals surface area contributed by atoms with Gasteiger partial charge in [-0.15, -0.1) is 11.6 Å². The van der Waals surface area contributed by atoms with Crippen LogP contribution in [0.15, 0.2) is 0 Å². The number of alkyl halides is 1. The van der Waals surface area contributed by atoms with Crippen LogP contribution < -0.4 is 5.32 Å². The van der Waals surface area contributed by atoms with E-state index in [-0.39, 0.29) is 0 Å². The average Bonchev–Trinajstić information content (AvgIpc) is 2.29. The summed E-state index contributed by atoms with van der Waals surface area (Å²) in [7, 11) is 0. The molecule has 0 saturated carbocycles. The maximum Gasteiger partial charge on any atom is 0.242 e. The van der Waals surface area contributed by atoms with Crippen molar-refractivity contribution in [2.75, 3.05) is 5.32 Å². The standard InChI is InChI=1S/C9H5ClF5NO/c1-2(10)9(17)16-8-6(14)4(12)3(11)5(13)7(8)15/h2H,1H3,(H,16,17)/t2-/m1/s1. The van der Waals surface area contributed by atoms with Crippen LogP contribution in [0.1, 0.15) is 6.92 Å². The van der Waals surface area contributed by atoms with E-state index in [9.17, 15) is 26.7 Å². The minimum Gasteiger partial charge on any atom is -0.320 e. The molecule has 0 bridgehead atoms. The third-order valence-electron chi connectivity index (χ3n) is 1.82. The summed E-state index contributed by atoms with van der Waals surface area (Å²) in [6.45, 7) is 1.17. The zero-order chi connectivity index (χ0) is 13.3. The van der Waals surface area contributed by atoms with E-state index in [4.69, 9.17) is 11.6 Å². The third-order valence-corrected chi connectivity index (χ3v) is 2.02. The van der Waals surface area contributed by atoms with E-state index in [1.165, 1.54) is 12.2 Å². The van der Waals surface area contributed by atoms with Gasteiger partial charge >= 0.3 is 0 Å². The lowest BCUT2D eigenvalue weighted by atomic mass is 10.2. The largest absolute Gasteiger partial charge is 0.320 e. The first-order chi connectivity index (χ1) is 7.77. The summed E-state index contributed by atoms with van der Waals surface area (Å²) >= 11 is 5.28. The average molecular weight is 274 g/mol. The van der Waals surface area contributed by atoms with Gasteiger partial charge in [-0.2, -0.15) is 0 Å². The predicted molar refractivity (Wildman–Crippen MR) is 50.2 cm³/mol. The van der Waals surface area contributed by atoms with E-state index in [1.54, 1.807) is 0 Å². The molecule has 1 amide bonds. The Balaban J connectivity index is 3.30. The first-order valence-electron chi connectivity index (χ1n) is 4.23. The highest BCUT2D eigenvalue weighted by atomic mass is 35.5. The van der Waals surface area contributed by atoms with E-state index >= 15 is 0 Å². The summed E-state index contributed by atoms with van der Waals surface area (Å²) in [6, 6.07) is 0. The van der Waals surface area contributed by atoms with Crippen LogP contribution in [0.5, 0.6) is 0 Å². The molecule has 1 rings (SSSR count). The van der Waals surface area contributed by atoms with Crippen LogP contribution in [0.3, 0.4) is 0 Å². The van der Waals surface area contributed by atoms with Crippen molar-refractivity contribution in [2.45, 2.75) is 12.3 Å². The Kier molecular flexibility index (Phi) is 3.92. The fourth-order valence-electron chi connectivity index (χ4n) is 0.937. The molecule has 0 radical (unpaired) electrons. The van der Waals surface area contributed by atoms with Gasteiger partial charge in [-0.1, -0.05) is 0 Å². The SMILES string of the molecule is C[C@@H](Cl)C(=O)Nc1c(F)c(F)c(F)c(F)c1F. The Labute approximate surface area is 97.4 Å². The molecule has 0 unspecified atom stereocenters. The van der Waals surface area contributed by atoms with Gasteiger partial charge in [0.25, 0.3) is 0 Å². The van der Waals surface area contributed by atoms with Crippen molar-refractivity contribution in [3.05, 3.63) is 29.1 Å². The van der Waals surface area contributed by atoms with Gasteiger partial charge in [0.2, 0.25) is 11.7 Å². The molecule has 0 fully saturated rings. The lowest BCUT2D eigenvalue weighted by Crippen LogP contribution is -2.23. The van der Waals surface area contributed by atoms with Crippen molar-refractivity contribution in [3.63, 3.8) is 0 Å². The van der Waals surface area contributed by atoms with Gasteiger partial charge in [0, 0.05) is 0 Å². The third kappa shape index (κ3) is 2.49. The van der Waals surface area contributed by atoms with Crippen molar-refractivity contribution in [3.8, 4) is 0 Å². The molecule has 94 valence electrons. The van der Waals surface area contributed by atoms with Gasteiger partial charge in [-0.3, -0.25) is 4.79 Å². The number of benzene rings is 1. The first-order valence-corrected chi connectivity index (χ1v) is 4.67. The van der Waals surface area contributed by atoms with Crippen molar-refractivity contribution >= 4 is 23.2 Å². The van der Waals surface area contributed by atoms with Crippen molar-refractivity contribution < 1.29 is 26.7 Å². The Bertz CT molecular complexity index is 448. The van der Waals surface area contributed by atoms with E-state index < -0.39 is 46.1 Å². The summed E-state index contributed by atoms with van der Waals surface area (Å²) in [5, 5.41) is 0.329. The molecule has 8 heteroatoms. The molecule has 0 saturated heterocycles. The number of carbonyl (C=O) groups is 1. The molecule has 0 aliphatic carbocycles. The van der Waals surface area contributed by atoms with Crippen LogP contribution >= 0.6 is 11.6 Å². The fraction of sp³-hybridized carbons (Fsp3) is 0.222. The van der Waals surface area contributed by atoms with Gasteiger partial charge in [-0.05, 0) is 6.92 Å². The molecule has 0 aromatic heterocycles. The van der Waals surface area contributed by atoms with E-state index in [2.05, 4.69) is 0 Å². The molecule has 1 aromatic rings. The molecule has 17 heavy (non-hydrogen) atoms. The first kappa shape index (κ1) is 13.7. The number of carbonyl (C=O) groups excluding carboxylic acids is 1. The lowest BCUT2D eigenvalue weighted by Gasteiger charge is -2.10. The number of rotatable bonds is 2. The predicted octanol–water partition coefficient (Wildman–Crippen LogP) is 2.95. The van der Waals surface area contributed by atoms with Crippen LogP contribution in [0.4, 0.5) is 27.6 Å². The van der Waals surface area contributed by atoms with E-state index in [1.807, 2.05) is 0 Å². The lowest BCUT2D eigenvalue weighted by molar-refractivity contribution is -0.115. The zero-order valence-electron chi connectivity index (χ0n) is 8.25. The quantitative estimate of drug-likeness (QED) is 0.382. The Hall–Kier alpha value is -1.37. The van der Waals surface area contributed by atoms with Gasteiger partial charge < -0.3 is 5.32 Å². The fourth-order valence-corrected chi connectivity index (χ4v) is 0.992. The molecule has 0 heterocycles. The highest BCUT2D eigenvalue weighted by Crippen LogP contribution is 2.27. The zero-order valence-corrected chi connectivity index (χ0v) is 9.01. The molecule has 1 atom stereocenters. The molecule has 0 aliphatic rings. The van der Waals surface area contributed by atoms with Gasteiger partial charge in [-0.25, -0.2) is 22.0 Å². The Morgan fingerprint density at radius 2 is 1.35 bits per heavy atom. The highest BCUT2D eigenvalue weighted by Gasteiger charge is 2.27. The van der Waals surface area contributed by atoms with Crippen LogP contribution in [0.25, 0.3) is 0 Å². The summed E-state index contributed by atoms with van der Waals surface area (Å²) in [6.07, 6.45) is 0. The summed E-state index contributed by atoms with van der Waals surface area (Å²) in [5.74, 6) is -11.9. The molecule has 1 N–H and O–H groups in total. The van der Waals surface area contributed by atoms with E-state index in [0.717, 1.165) is 0 Å². The number of nitrogens with one attached hydrogen (secondary N) is 1. The van der Waals surface area contributed by atoms with Gasteiger partial charge in [0.05, 0.1) is 0 Å². The molecule has 1 aromatic carbocycles. The monoisotopic (exact) mass is 273 g/mol. The van der Waals surface area contributed by atoms with Crippen LogP contribution in [0, 0.1) is 29.1 Å². The number of hydrogen-bond donors (Lipinski definition) is 1. The summed E-state index contributed by atoms with van der Waals surface area (Å²) < 4.78 is 64.1. The Morgan fingerprint density at radius 3 is 1.71 bits per heavy atom. The second-order valence-corrected chi connectivity index (χ2v) is 3.70. The van der Waals surface area contributed by atoms with Crippen LogP contribution in [-0.2, 0) is 4.79 Å². The number of amides is 1. The highest BCUT2D eigenvalue weighted by molar-refractivity contribution is 6.32. The topological polar surface area (TPSA) is 29.1 Å². The number of halogens is 6. The van der Waals surface area contributed by atoms with Crippen molar-refractivity contribution in [1.29, 1.82) is 0 Å². The molecule has 2 nitrogen and oxygen atoms in total. The summed E-state index contributed by atoms with van der Waals surface area (Å²) in [4.78, 5) is 11.0. The minimum absolute atomic E-state index is 1.09. The molecular formula is C9H5ClF5NO. The minimum atomic E-state index is -2.29. The maximum atomic E-state index is 13.0. The van der Waals surface area contributed by atoms with Crippen molar-refractivity contribution in [2.24, 2.45) is 0 Å². The number of anilines is 1. The molecule has 0 spiro atoms. The molecule has 0 aliphatic heterocycles. The second kappa shape index (κ2) is 4.87. The Morgan fingerprint density at radius 1 is 1.00 bits per heavy atom. The van der Waals surface area contributed by atoms with Gasteiger partial charge in [0.15, 0.2) is 23.3 Å². The second-order valence-electron chi connectivity index (χ2n) is 3.05. The van der Waals surface area contributed by atoms with Gasteiger partial charge in [0.1, 0.15) is 11.1 Å². The normalized spacial score (nSPS) is 12.4. The smallest absolute Gasteiger partial charge is 0.242 e.